The number of ether oxygens (including phenoxy) is 1. The van der Waals surface area contributed by atoms with Crippen molar-refractivity contribution in [2.75, 3.05) is 26.0 Å². The molecule has 25 heavy (non-hydrogen) atoms. The van der Waals surface area contributed by atoms with E-state index in [4.69, 9.17) is 9.26 Å². The van der Waals surface area contributed by atoms with Gasteiger partial charge in [0, 0.05) is 17.0 Å². The van der Waals surface area contributed by atoms with Crippen molar-refractivity contribution in [2.45, 2.75) is 32.7 Å². The molecule has 2 N–H and O–H groups in total. The van der Waals surface area contributed by atoms with E-state index in [0.29, 0.717) is 12.4 Å². The molecule has 2 aromatic rings. The van der Waals surface area contributed by atoms with Crippen LogP contribution in [0, 0.1) is 5.82 Å². The van der Waals surface area contributed by atoms with Gasteiger partial charge in [-0.1, -0.05) is 25.9 Å². The molecule has 0 spiro atoms. The number of carbonyl (C=O) groups is 1. The number of carbonyl (C=O) groups excluding carboxylic acids is 1. The first-order valence-electron chi connectivity index (χ1n) is 8.10. The van der Waals surface area contributed by atoms with Crippen LogP contribution in [0.4, 0.5) is 10.3 Å². The molecule has 0 radical (unpaired) electrons. The first-order chi connectivity index (χ1) is 11.7. The minimum absolute atomic E-state index is 0.146. The lowest BCUT2D eigenvalue weighted by Gasteiger charge is -2.14. The van der Waals surface area contributed by atoms with Crippen molar-refractivity contribution in [3.63, 3.8) is 0 Å². The Morgan fingerprint density at radius 2 is 2.08 bits per heavy atom. The summed E-state index contributed by atoms with van der Waals surface area (Å²) in [6.07, 6.45) is 0. The fraction of sp³-hybridized carbons (Fsp3) is 0.444. The predicted molar refractivity (Wildman–Crippen MR) is 92.2 cm³/mol. The highest BCUT2D eigenvalue weighted by Crippen LogP contribution is 2.23. The topological polar surface area (TPSA) is 68.8 Å². The minimum Gasteiger partial charge on any atom is -0.494 e. The maximum atomic E-state index is 13.7. The quantitative estimate of drug-likeness (QED) is 0.833. The Labute approximate surface area is 146 Å². The molecular formula is C18H25FN3O3+. The fourth-order valence-corrected chi connectivity index (χ4v) is 2.37. The van der Waals surface area contributed by atoms with Crippen molar-refractivity contribution in [1.29, 1.82) is 0 Å². The largest absolute Gasteiger partial charge is 0.494 e. The van der Waals surface area contributed by atoms with Gasteiger partial charge in [-0.3, -0.25) is 10.1 Å². The van der Waals surface area contributed by atoms with Gasteiger partial charge in [-0.05, 0) is 18.2 Å². The third-order valence-corrected chi connectivity index (χ3v) is 3.73. The van der Waals surface area contributed by atoms with E-state index in [0.717, 1.165) is 16.2 Å². The van der Waals surface area contributed by atoms with E-state index in [-0.39, 0.29) is 23.6 Å². The summed E-state index contributed by atoms with van der Waals surface area (Å²) in [6.45, 7) is 6.78. The van der Waals surface area contributed by atoms with Crippen molar-refractivity contribution in [1.82, 2.24) is 5.16 Å². The van der Waals surface area contributed by atoms with Crippen LogP contribution >= 0.6 is 0 Å². The summed E-state index contributed by atoms with van der Waals surface area (Å²) in [4.78, 5) is 13.0. The van der Waals surface area contributed by atoms with Gasteiger partial charge in [0.2, 0.25) is 5.88 Å². The first kappa shape index (κ1) is 18.9. The van der Waals surface area contributed by atoms with Crippen molar-refractivity contribution >= 4 is 11.8 Å². The number of rotatable bonds is 6. The number of hydrogen-bond acceptors (Lipinski definition) is 4. The summed E-state index contributed by atoms with van der Waals surface area (Å²) >= 11 is 0. The van der Waals surface area contributed by atoms with E-state index in [1.54, 1.807) is 18.2 Å². The number of halogens is 1. The summed E-state index contributed by atoms with van der Waals surface area (Å²) in [5, 5.41) is 6.66. The summed E-state index contributed by atoms with van der Waals surface area (Å²) in [5.74, 6) is -0.0611. The van der Waals surface area contributed by atoms with E-state index in [1.807, 2.05) is 27.8 Å². The molecule has 1 heterocycles. The Bertz CT molecular complexity index is 737. The smallest absolute Gasteiger partial charge is 0.281 e. The third-order valence-electron chi connectivity index (χ3n) is 3.73. The van der Waals surface area contributed by atoms with Crippen molar-refractivity contribution in [3.05, 3.63) is 41.3 Å². The number of aromatic nitrogens is 1. The minimum atomic E-state index is -0.409. The van der Waals surface area contributed by atoms with Gasteiger partial charge < -0.3 is 14.2 Å². The molecule has 0 aliphatic rings. The number of amides is 1. The van der Waals surface area contributed by atoms with Crippen LogP contribution in [-0.2, 0) is 16.8 Å². The summed E-state index contributed by atoms with van der Waals surface area (Å²) in [7, 11) is 3.29. The zero-order valence-corrected chi connectivity index (χ0v) is 15.3. The average Bonchev–Trinajstić information content (AvgIpc) is 2.95. The first-order valence-corrected chi connectivity index (χ1v) is 8.10. The van der Waals surface area contributed by atoms with Gasteiger partial charge in [-0.25, -0.2) is 4.39 Å². The van der Waals surface area contributed by atoms with Gasteiger partial charge >= 0.3 is 0 Å². The number of methoxy groups -OCH3 is 1. The van der Waals surface area contributed by atoms with Crippen LogP contribution in [0.3, 0.4) is 0 Å². The normalized spacial score (nSPS) is 12.7. The molecule has 0 saturated heterocycles. The van der Waals surface area contributed by atoms with Crippen molar-refractivity contribution in [3.8, 4) is 5.75 Å². The van der Waals surface area contributed by atoms with Crippen molar-refractivity contribution < 1.29 is 23.3 Å². The number of anilines is 1. The highest BCUT2D eigenvalue weighted by atomic mass is 19.1. The zero-order chi connectivity index (χ0) is 18.6. The molecule has 1 amide bonds. The molecule has 0 aliphatic carbocycles. The van der Waals surface area contributed by atoms with Gasteiger partial charge in [-0.2, -0.15) is 0 Å². The van der Waals surface area contributed by atoms with Gasteiger partial charge in [0.1, 0.15) is 6.54 Å². The molecule has 0 fully saturated rings. The van der Waals surface area contributed by atoms with Gasteiger partial charge in [0.25, 0.3) is 5.91 Å². The predicted octanol–water partition coefficient (Wildman–Crippen LogP) is 1.77. The maximum absolute atomic E-state index is 13.7. The molecule has 0 bridgehead atoms. The van der Waals surface area contributed by atoms with Gasteiger partial charge in [0.05, 0.1) is 19.9 Å². The number of hydrogen-bond donors (Lipinski definition) is 2. The Hall–Kier alpha value is -2.41. The lowest BCUT2D eigenvalue weighted by Crippen LogP contribution is -3.08. The van der Waals surface area contributed by atoms with Crippen molar-refractivity contribution in [2.24, 2.45) is 0 Å². The molecule has 6 nitrogen and oxygen atoms in total. The Morgan fingerprint density at radius 3 is 2.64 bits per heavy atom. The van der Waals surface area contributed by atoms with E-state index < -0.39 is 5.82 Å². The molecule has 0 aliphatic heterocycles. The van der Waals surface area contributed by atoms with Crippen LogP contribution in [0.15, 0.2) is 28.8 Å². The number of nitrogens with one attached hydrogen (secondary N) is 2. The molecular weight excluding hydrogens is 325 g/mol. The van der Waals surface area contributed by atoms with Gasteiger partial charge in [-0.15, -0.1) is 0 Å². The zero-order valence-electron chi connectivity index (χ0n) is 15.3. The van der Waals surface area contributed by atoms with Crippen LogP contribution < -0.4 is 15.0 Å². The number of nitrogens with zero attached hydrogens (tertiary/aromatic N) is 1. The van der Waals surface area contributed by atoms with Crippen LogP contribution in [0.5, 0.6) is 5.75 Å². The summed E-state index contributed by atoms with van der Waals surface area (Å²) < 4.78 is 23.8. The molecule has 1 atom stereocenters. The monoisotopic (exact) mass is 350 g/mol. The van der Waals surface area contributed by atoms with E-state index >= 15 is 0 Å². The molecule has 1 aromatic heterocycles. The second-order valence-corrected chi connectivity index (χ2v) is 7.15. The second kappa shape index (κ2) is 7.65. The van der Waals surface area contributed by atoms with Gasteiger partial charge in [0.15, 0.2) is 18.1 Å². The lowest BCUT2D eigenvalue weighted by molar-refractivity contribution is -0.885. The SMILES string of the molecule is COc1ccc(C[NH+](C)CC(=O)Nc2cc(C(C)(C)C)no2)cc1F. The van der Waals surface area contributed by atoms with E-state index in [9.17, 15) is 9.18 Å². The molecule has 2 rings (SSSR count). The number of likely N-dealkylation sites (N-methyl/N-ethyl adjacent to an activating group) is 1. The summed E-state index contributed by atoms with van der Waals surface area (Å²) in [6, 6.07) is 6.52. The number of benzene rings is 1. The molecule has 7 heteroatoms. The van der Waals surface area contributed by atoms with Crippen LogP contribution in [-0.4, -0.2) is 31.8 Å². The molecule has 1 aromatic carbocycles. The van der Waals surface area contributed by atoms with E-state index in [1.165, 1.54) is 13.2 Å². The van der Waals surface area contributed by atoms with Crippen LogP contribution in [0.1, 0.15) is 32.0 Å². The highest BCUT2D eigenvalue weighted by Gasteiger charge is 2.20. The standard InChI is InChI=1S/C18H24FN3O3/c1-18(2,3)15-9-17(25-21-15)20-16(23)11-22(4)10-12-6-7-14(24-5)13(19)8-12/h6-9H,10-11H2,1-5H3,(H,20,23)/p+1. The van der Waals surface area contributed by atoms with E-state index in [2.05, 4.69) is 10.5 Å². The molecule has 136 valence electrons. The second-order valence-electron chi connectivity index (χ2n) is 7.15. The maximum Gasteiger partial charge on any atom is 0.281 e. The molecule has 0 saturated carbocycles. The highest BCUT2D eigenvalue weighted by molar-refractivity contribution is 5.90. The Kier molecular flexibility index (Phi) is 5.79. The average molecular weight is 350 g/mol. The number of quaternary nitrogens is 1. The summed E-state index contributed by atoms with van der Waals surface area (Å²) in [5.41, 5.74) is 1.42. The lowest BCUT2D eigenvalue weighted by atomic mass is 9.92. The van der Waals surface area contributed by atoms with Crippen LogP contribution in [0.2, 0.25) is 0 Å². The fourth-order valence-electron chi connectivity index (χ4n) is 2.37. The third kappa shape index (κ3) is 5.29. The van der Waals surface area contributed by atoms with Crippen LogP contribution in [0.25, 0.3) is 0 Å². The Morgan fingerprint density at radius 1 is 1.36 bits per heavy atom. The molecule has 1 unspecified atom stereocenters. The Balaban J connectivity index is 1.89.